The number of carboxylic acid groups (broad SMARTS) is 1. The fraction of sp³-hybridized carbons (Fsp3) is 0.111. The number of rotatable bonds is 7. The van der Waals surface area contributed by atoms with Crippen LogP contribution in [0.5, 0.6) is 11.5 Å². The van der Waals surface area contributed by atoms with Crippen LogP contribution in [0.3, 0.4) is 0 Å². The first kappa shape index (κ1) is 24.2. The highest BCUT2D eigenvalue weighted by Crippen LogP contribution is 2.34. The van der Waals surface area contributed by atoms with E-state index < -0.39 is 23.8 Å². The second-order valence-electron chi connectivity index (χ2n) is 7.96. The van der Waals surface area contributed by atoms with Crippen molar-refractivity contribution in [3.05, 3.63) is 94.6 Å². The zero-order valence-electron chi connectivity index (χ0n) is 19.5. The molecule has 36 heavy (non-hydrogen) atoms. The number of carbonyl (C=O) groups excluding carboxylic acids is 3. The lowest BCUT2D eigenvalue weighted by Gasteiger charge is -2.26. The number of urea groups is 1. The Morgan fingerprint density at radius 1 is 1.00 bits per heavy atom. The van der Waals surface area contributed by atoms with Crippen molar-refractivity contribution in [3.8, 4) is 11.5 Å². The molecule has 1 heterocycles. The average molecular weight is 486 g/mol. The number of para-hydroxylation sites is 1. The monoisotopic (exact) mass is 486 g/mol. The van der Waals surface area contributed by atoms with Gasteiger partial charge >= 0.3 is 12.0 Å². The lowest BCUT2D eigenvalue weighted by molar-refractivity contribution is -0.122. The number of nitrogens with zero attached hydrogens (tertiary/aromatic N) is 1. The van der Waals surface area contributed by atoms with Gasteiger partial charge in [-0.15, -0.1) is 0 Å². The van der Waals surface area contributed by atoms with Crippen molar-refractivity contribution in [2.24, 2.45) is 0 Å². The maximum absolute atomic E-state index is 13.2. The largest absolute Gasteiger partial charge is 0.493 e. The number of carbonyl (C=O) groups is 4. The Kier molecular flexibility index (Phi) is 6.82. The number of imide groups is 2. The van der Waals surface area contributed by atoms with Gasteiger partial charge in [0, 0.05) is 5.56 Å². The lowest BCUT2D eigenvalue weighted by atomic mass is 10.1. The molecule has 9 nitrogen and oxygen atoms in total. The van der Waals surface area contributed by atoms with E-state index in [9.17, 15) is 19.2 Å². The van der Waals surface area contributed by atoms with Gasteiger partial charge < -0.3 is 14.6 Å². The Balaban J connectivity index is 1.67. The van der Waals surface area contributed by atoms with Crippen molar-refractivity contribution in [2.45, 2.75) is 13.5 Å². The Morgan fingerprint density at radius 2 is 1.69 bits per heavy atom. The second-order valence-corrected chi connectivity index (χ2v) is 7.96. The minimum atomic E-state index is -1.03. The summed E-state index contributed by atoms with van der Waals surface area (Å²) in [5.41, 5.74) is 2.26. The molecule has 182 valence electrons. The SMILES string of the molecule is COc1cccc(/C=C2\C(=O)NC(=O)N(c3ccc(C)cc3)C2=O)c1OCc1ccc(C(=O)O)cc1. The highest BCUT2D eigenvalue weighted by molar-refractivity contribution is 6.39. The molecule has 1 aliphatic rings. The van der Waals surface area contributed by atoms with Gasteiger partial charge in [-0.3, -0.25) is 14.9 Å². The van der Waals surface area contributed by atoms with Crippen LogP contribution < -0.4 is 19.7 Å². The van der Waals surface area contributed by atoms with Gasteiger partial charge in [-0.25, -0.2) is 14.5 Å². The lowest BCUT2D eigenvalue weighted by Crippen LogP contribution is -2.54. The number of benzene rings is 3. The molecule has 1 aliphatic heterocycles. The molecule has 9 heteroatoms. The summed E-state index contributed by atoms with van der Waals surface area (Å²) in [5.74, 6) is -2.00. The summed E-state index contributed by atoms with van der Waals surface area (Å²) < 4.78 is 11.4. The van der Waals surface area contributed by atoms with Crippen LogP contribution in [0.15, 0.2) is 72.3 Å². The zero-order valence-corrected chi connectivity index (χ0v) is 19.5. The molecule has 0 saturated carbocycles. The van der Waals surface area contributed by atoms with Crippen LogP contribution in [0.25, 0.3) is 6.08 Å². The van der Waals surface area contributed by atoms with Crippen molar-refractivity contribution in [2.75, 3.05) is 12.0 Å². The zero-order chi connectivity index (χ0) is 25.8. The normalized spacial score (nSPS) is 14.6. The number of hydrogen-bond acceptors (Lipinski definition) is 6. The van der Waals surface area contributed by atoms with Crippen LogP contribution in [-0.4, -0.2) is 36.0 Å². The Morgan fingerprint density at radius 3 is 2.33 bits per heavy atom. The Labute approximate surface area is 206 Å². The average Bonchev–Trinajstić information content (AvgIpc) is 2.86. The molecule has 2 N–H and O–H groups in total. The maximum atomic E-state index is 13.2. The summed E-state index contributed by atoms with van der Waals surface area (Å²) in [7, 11) is 1.46. The highest BCUT2D eigenvalue weighted by Gasteiger charge is 2.37. The molecule has 3 aromatic rings. The molecule has 0 unspecified atom stereocenters. The molecule has 0 atom stereocenters. The van der Waals surface area contributed by atoms with E-state index in [4.69, 9.17) is 14.6 Å². The summed E-state index contributed by atoms with van der Waals surface area (Å²) >= 11 is 0. The van der Waals surface area contributed by atoms with Gasteiger partial charge in [0.05, 0.1) is 18.4 Å². The number of ether oxygens (including phenoxy) is 2. The highest BCUT2D eigenvalue weighted by atomic mass is 16.5. The third-order valence-corrected chi connectivity index (χ3v) is 5.51. The first-order valence-electron chi connectivity index (χ1n) is 10.9. The van der Waals surface area contributed by atoms with E-state index >= 15 is 0 Å². The molecular weight excluding hydrogens is 464 g/mol. The van der Waals surface area contributed by atoms with Gasteiger partial charge in [-0.05, 0) is 48.9 Å². The van der Waals surface area contributed by atoms with Crippen LogP contribution in [0.4, 0.5) is 10.5 Å². The van der Waals surface area contributed by atoms with Crippen LogP contribution in [0.2, 0.25) is 0 Å². The van der Waals surface area contributed by atoms with Crippen molar-refractivity contribution in [1.29, 1.82) is 0 Å². The third kappa shape index (κ3) is 4.95. The molecule has 4 rings (SSSR count). The van der Waals surface area contributed by atoms with E-state index in [1.165, 1.54) is 25.3 Å². The van der Waals surface area contributed by atoms with Crippen LogP contribution >= 0.6 is 0 Å². The molecule has 4 amide bonds. The first-order chi connectivity index (χ1) is 17.3. The number of nitrogens with one attached hydrogen (secondary N) is 1. The van der Waals surface area contributed by atoms with Crippen molar-refractivity contribution < 1.29 is 33.8 Å². The standard InChI is InChI=1S/C27H22N2O7/c1-16-6-12-20(13-7-16)29-25(31)21(24(30)28-27(29)34)14-19-4-3-5-22(35-2)23(19)36-15-17-8-10-18(11-9-17)26(32)33/h3-14H,15H2,1-2H3,(H,32,33)(H,28,30,34)/b21-14+. The smallest absolute Gasteiger partial charge is 0.335 e. The second kappa shape index (κ2) is 10.1. The number of hydrogen-bond donors (Lipinski definition) is 2. The summed E-state index contributed by atoms with van der Waals surface area (Å²) in [4.78, 5) is 50.3. The molecule has 0 aliphatic carbocycles. The van der Waals surface area contributed by atoms with E-state index in [0.717, 1.165) is 10.5 Å². The van der Waals surface area contributed by atoms with Crippen molar-refractivity contribution in [3.63, 3.8) is 0 Å². The van der Waals surface area contributed by atoms with Gasteiger partial charge in [0.1, 0.15) is 12.2 Å². The quantitative estimate of drug-likeness (QED) is 0.383. The summed E-state index contributed by atoms with van der Waals surface area (Å²) in [6.45, 7) is 1.95. The number of aromatic carboxylic acids is 1. The fourth-order valence-electron chi connectivity index (χ4n) is 3.60. The Bertz CT molecular complexity index is 1380. The third-order valence-electron chi connectivity index (χ3n) is 5.51. The number of carboxylic acids is 1. The summed E-state index contributed by atoms with van der Waals surface area (Å²) in [5, 5.41) is 11.3. The van der Waals surface area contributed by atoms with Crippen LogP contribution in [-0.2, 0) is 16.2 Å². The molecular formula is C27H22N2O7. The predicted molar refractivity (Wildman–Crippen MR) is 131 cm³/mol. The number of barbiturate groups is 1. The van der Waals surface area contributed by atoms with Crippen molar-refractivity contribution in [1.82, 2.24) is 5.32 Å². The minimum absolute atomic E-state index is 0.0740. The molecule has 1 fully saturated rings. The number of anilines is 1. The van der Waals surface area contributed by atoms with Gasteiger partial charge in [-0.2, -0.15) is 0 Å². The predicted octanol–water partition coefficient (Wildman–Crippen LogP) is 3.95. The van der Waals surface area contributed by atoms with Crippen molar-refractivity contribution >= 4 is 35.6 Å². The summed E-state index contributed by atoms with van der Waals surface area (Å²) in [6, 6.07) is 17.1. The molecule has 0 aromatic heterocycles. The molecule has 1 saturated heterocycles. The molecule has 3 aromatic carbocycles. The number of amides is 4. The van der Waals surface area contributed by atoms with Gasteiger partial charge in [0.25, 0.3) is 11.8 Å². The van der Waals surface area contributed by atoms with E-state index in [1.807, 2.05) is 6.92 Å². The van der Waals surface area contributed by atoms with E-state index in [-0.39, 0.29) is 23.5 Å². The first-order valence-corrected chi connectivity index (χ1v) is 10.9. The number of methoxy groups -OCH3 is 1. The summed E-state index contributed by atoms with van der Waals surface area (Å²) in [6.07, 6.45) is 1.34. The maximum Gasteiger partial charge on any atom is 0.335 e. The van der Waals surface area contributed by atoms with Crippen LogP contribution in [0, 0.1) is 6.92 Å². The van der Waals surface area contributed by atoms with Crippen LogP contribution in [0.1, 0.15) is 27.0 Å². The minimum Gasteiger partial charge on any atom is -0.493 e. The topological polar surface area (TPSA) is 122 Å². The molecule has 0 radical (unpaired) electrons. The Hall–Kier alpha value is -4.92. The fourth-order valence-corrected chi connectivity index (χ4v) is 3.60. The van der Waals surface area contributed by atoms with Gasteiger partial charge in [0.2, 0.25) is 0 Å². The van der Waals surface area contributed by atoms with Gasteiger partial charge in [-0.1, -0.05) is 42.0 Å². The number of aryl methyl sites for hydroxylation is 1. The van der Waals surface area contributed by atoms with E-state index in [1.54, 1.807) is 54.6 Å². The van der Waals surface area contributed by atoms with E-state index in [2.05, 4.69) is 5.32 Å². The van der Waals surface area contributed by atoms with Gasteiger partial charge in [0.15, 0.2) is 11.5 Å². The molecule has 0 spiro atoms. The molecule has 0 bridgehead atoms. The van der Waals surface area contributed by atoms with E-state index in [0.29, 0.717) is 22.6 Å².